The Morgan fingerprint density at radius 3 is 1.46 bits per heavy atom. The molecule has 0 radical (unpaired) electrons. The maximum absolute atomic E-state index is 7.26. The highest BCUT2D eigenvalue weighted by Crippen LogP contribution is 2.60. The molecule has 6 rings (SSSR count). The Kier molecular flexibility index (Phi) is 8.32. The van der Waals surface area contributed by atoms with E-state index in [0.717, 1.165) is 77.4 Å². The molecule has 0 spiro atoms. The lowest BCUT2D eigenvalue weighted by molar-refractivity contribution is -0.376. The van der Waals surface area contributed by atoms with Crippen LogP contribution in [-0.4, -0.2) is 34.4 Å². The highest BCUT2D eigenvalue weighted by molar-refractivity contribution is 9.13. The second-order valence-corrected chi connectivity index (χ2v) is 17.2. The van der Waals surface area contributed by atoms with Gasteiger partial charge < -0.3 is 14.2 Å². The molecule has 2 aromatic rings. The second-order valence-electron chi connectivity index (χ2n) is 12.1. The van der Waals surface area contributed by atoms with Crippen LogP contribution in [0, 0.1) is 13.8 Å². The molecule has 0 bridgehead atoms. The van der Waals surface area contributed by atoms with Gasteiger partial charge in [0.15, 0.2) is 11.6 Å². The van der Waals surface area contributed by atoms with Gasteiger partial charge in [-0.15, -0.1) is 0 Å². The first-order valence-electron chi connectivity index (χ1n) is 14.4. The third-order valence-corrected chi connectivity index (χ3v) is 15.4. The number of hydrogen-bond acceptors (Lipinski definition) is 3. The van der Waals surface area contributed by atoms with E-state index < -0.39 is 11.6 Å². The molecule has 3 nitrogen and oxygen atoms in total. The van der Waals surface area contributed by atoms with E-state index in [1.54, 1.807) is 0 Å². The zero-order valence-electron chi connectivity index (χ0n) is 22.8. The number of halogens is 4. The maximum atomic E-state index is 7.26. The quantitative estimate of drug-likeness (QED) is 0.250. The molecule has 4 aliphatic rings. The van der Waals surface area contributed by atoms with E-state index in [1.807, 2.05) is 0 Å². The van der Waals surface area contributed by atoms with Gasteiger partial charge in [-0.25, -0.2) is 0 Å². The molecule has 0 aromatic heterocycles. The average molecular weight is 790 g/mol. The van der Waals surface area contributed by atoms with Crippen LogP contribution in [0.5, 0.6) is 0 Å². The Morgan fingerprint density at radius 2 is 1.13 bits per heavy atom. The van der Waals surface area contributed by atoms with Gasteiger partial charge in [-0.2, -0.15) is 0 Å². The van der Waals surface area contributed by atoms with Crippen molar-refractivity contribution in [3.05, 3.63) is 69.8 Å². The minimum Gasteiger partial charge on any atom is -0.349 e. The first-order valence-corrected chi connectivity index (χ1v) is 17.8. The molecule has 4 fully saturated rings. The molecule has 7 heteroatoms. The third kappa shape index (κ3) is 5.65. The van der Waals surface area contributed by atoms with E-state index in [9.17, 15) is 0 Å². The Morgan fingerprint density at radius 1 is 0.718 bits per heavy atom. The monoisotopic (exact) mass is 786 g/mol. The standard InChI is InChI=1S/C32H38Br4O3/c1-21-23(9-7-11-25(21)31(35)19-27(31)33)17-29(13-3-5-15-37-29)39-30(14-4-6-16-38-30)18-24-10-8-12-26(22(24)2)32(36)20-28(32)34/h7-12,27-28H,3-6,13-20H2,1-2H3. The molecule has 2 saturated heterocycles. The van der Waals surface area contributed by atoms with E-state index >= 15 is 0 Å². The first kappa shape index (κ1) is 29.3. The fourth-order valence-electron chi connectivity index (χ4n) is 6.70. The van der Waals surface area contributed by atoms with E-state index in [1.165, 1.54) is 33.4 Å². The van der Waals surface area contributed by atoms with Crippen LogP contribution >= 0.6 is 63.7 Å². The largest absolute Gasteiger partial charge is 0.349 e. The summed E-state index contributed by atoms with van der Waals surface area (Å²) in [5, 5.41) is 0. The van der Waals surface area contributed by atoms with E-state index in [4.69, 9.17) is 14.2 Å². The molecule has 0 N–H and O–H groups in total. The first-order chi connectivity index (χ1) is 18.6. The van der Waals surface area contributed by atoms with Crippen LogP contribution in [0.25, 0.3) is 0 Å². The van der Waals surface area contributed by atoms with E-state index in [0.29, 0.717) is 9.65 Å². The maximum Gasteiger partial charge on any atom is 0.175 e. The van der Waals surface area contributed by atoms with Crippen molar-refractivity contribution in [1.29, 1.82) is 0 Å². The highest BCUT2D eigenvalue weighted by atomic mass is 79.9. The Labute approximate surface area is 267 Å². The van der Waals surface area contributed by atoms with Gasteiger partial charge in [-0.1, -0.05) is 100 Å². The van der Waals surface area contributed by atoms with Crippen LogP contribution in [0.15, 0.2) is 36.4 Å². The zero-order valence-corrected chi connectivity index (χ0v) is 29.2. The molecular formula is C32H38Br4O3. The van der Waals surface area contributed by atoms with E-state index in [2.05, 4.69) is 114 Å². The van der Waals surface area contributed by atoms with Gasteiger partial charge in [0.2, 0.25) is 0 Å². The second kappa shape index (κ2) is 11.1. The summed E-state index contributed by atoms with van der Waals surface area (Å²) in [7, 11) is 0. The van der Waals surface area contributed by atoms with Crippen LogP contribution in [-0.2, 0) is 35.7 Å². The predicted molar refractivity (Wildman–Crippen MR) is 172 cm³/mol. The summed E-state index contributed by atoms with van der Waals surface area (Å²) >= 11 is 15.7. The number of benzene rings is 2. The van der Waals surface area contributed by atoms with Gasteiger partial charge in [0.05, 0.1) is 21.9 Å². The third-order valence-electron chi connectivity index (χ3n) is 9.34. The average Bonchev–Trinajstić information content (AvgIpc) is 3.75. The predicted octanol–water partition coefficient (Wildman–Crippen LogP) is 9.41. The number of hydrogen-bond donors (Lipinski definition) is 0. The molecule has 2 aliphatic heterocycles. The molecule has 6 atom stereocenters. The summed E-state index contributed by atoms with van der Waals surface area (Å²) in [6.45, 7) is 5.98. The van der Waals surface area contributed by atoms with Crippen molar-refractivity contribution < 1.29 is 14.2 Å². The van der Waals surface area contributed by atoms with Crippen molar-refractivity contribution in [3.63, 3.8) is 0 Å². The van der Waals surface area contributed by atoms with Crippen molar-refractivity contribution in [2.24, 2.45) is 0 Å². The van der Waals surface area contributed by atoms with Gasteiger partial charge in [-0.05, 0) is 85.8 Å². The van der Waals surface area contributed by atoms with Crippen molar-refractivity contribution >= 4 is 63.7 Å². The Balaban J connectivity index is 1.32. The molecule has 2 aromatic carbocycles. The summed E-state index contributed by atoms with van der Waals surface area (Å²) in [5.41, 5.74) is 8.04. The number of ether oxygens (including phenoxy) is 3. The Bertz CT molecular complexity index is 1130. The normalized spacial score (nSPS) is 38.0. The smallest absolute Gasteiger partial charge is 0.175 e. The van der Waals surface area contributed by atoms with Crippen LogP contribution < -0.4 is 0 Å². The highest BCUT2D eigenvalue weighted by Gasteiger charge is 2.54. The minimum atomic E-state index is -0.685. The summed E-state index contributed by atoms with van der Waals surface area (Å²) in [6.07, 6.45) is 9.83. The number of alkyl halides is 4. The van der Waals surface area contributed by atoms with Crippen molar-refractivity contribution in [3.8, 4) is 0 Å². The van der Waals surface area contributed by atoms with Crippen molar-refractivity contribution in [1.82, 2.24) is 0 Å². The molecule has 0 amide bonds. The Hall–Kier alpha value is 0.240. The van der Waals surface area contributed by atoms with Gasteiger partial charge in [-0.3, -0.25) is 0 Å². The van der Waals surface area contributed by atoms with E-state index in [-0.39, 0.29) is 8.65 Å². The topological polar surface area (TPSA) is 27.7 Å². The minimum absolute atomic E-state index is 0.0350. The fraction of sp³-hybridized carbons (Fsp3) is 0.625. The summed E-state index contributed by atoms with van der Waals surface area (Å²) in [6, 6.07) is 13.4. The molecular weight excluding hydrogens is 752 g/mol. The van der Waals surface area contributed by atoms with Crippen molar-refractivity contribution in [2.75, 3.05) is 13.2 Å². The summed E-state index contributed by atoms with van der Waals surface area (Å²) < 4.78 is 20.6. The molecule has 2 aliphatic carbocycles. The molecule has 212 valence electrons. The molecule has 39 heavy (non-hydrogen) atoms. The van der Waals surface area contributed by atoms with Gasteiger partial charge in [0.25, 0.3) is 0 Å². The van der Waals surface area contributed by atoms with Gasteiger partial charge in [0, 0.05) is 35.3 Å². The molecule has 2 heterocycles. The fourth-order valence-corrected chi connectivity index (χ4v) is 10.6. The lowest BCUT2D eigenvalue weighted by Crippen LogP contribution is -2.53. The van der Waals surface area contributed by atoms with Crippen LogP contribution in [0.2, 0.25) is 0 Å². The van der Waals surface area contributed by atoms with Gasteiger partial charge in [0.1, 0.15) is 0 Å². The van der Waals surface area contributed by atoms with Crippen LogP contribution in [0.4, 0.5) is 0 Å². The SMILES string of the molecule is Cc1c(CC2(OC3(Cc4cccc(C5(Br)CC5Br)c4C)CCCCO3)CCCCO2)cccc1C1(Br)CC1Br. The summed E-state index contributed by atoms with van der Waals surface area (Å²) in [4.78, 5) is 0.948. The molecule has 6 unspecified atom stereocenters. The van der Waals surface area contributed by atoms with Crippen LogP contribution in [0.3, 0.4) is 0 Å². The lowest BCUT2D eigenvalue weighted by atomic mass is 9.89. The van der Waals surface area contributed by atoms with Gasteiger partial charge >= 0.3 is 0 Å². The van der Waals surface area contributed by atoms with Crippen LogP contribution in [0.1, 0.15) is 84.7 Å². The summed E-state index contributed by atoms with van der Waals surface area (Å²) in [5.74, 6) is -1.37. The lowest BCUT2D eigenvalue weighted by Gasteiger charge is -2.47. The number of rotatable bonds is 8. The van der Waals surface area contributed by atoms with Crippen molar-refractivity contribution in [2.45, 2.75) is 108 Å². The zero-order chi connectivity index (χ0) is 27.5. The molecule has 2 saturated carbocycles.